The van der Waals surface area contributed by atoms with Crippen LogP contribution >= 0.6 is 11.6 Å². The van der Waals surface area contributed by atoms with Crippen LogP contribution in [0.25, 0.3) is 11.0 Å². The summed E-state index contributed by atoms with van der Waals surface area (Å²) in [5.41, 5.74) is 0.853. The van der Waals surface area contributed by atoms with E-state index in [1.807, 2.05) is 38.2 Å². The lowest BCUT2D eigenvalue weighted by Gasteiger charge is -2.23. The summed E-state index contributed by atoms with van der Waals surface area (Å²) >= 11 is 6.00. The molecule has 0 aliphatic rings. The van der Waals surface area contributed by atoms with Crippen LogP contribution in [0.5, 0.6) is 0 Å². The lowest BCUT2D eigenvalue weighted by molar-refractivity contribution is 0.0283. The van der Waals surface area contributed by atoms with E-state index in [0.717, 1.165) is 28.2 Å². The highest BCUT2D eigenvalue weighted by molar-refractivity contribution is 6.31. The van der Waals surface area contributed by atoms with E-state index in [1.165, 1.54) is 0 Å². The van der Waals surface area contributed by atoms with Gasteiger partial charge in [0.1, 0.15) is 11.3 Å². The van der Waals surface area contributed by atoms with E-state index in [2.05, 4.69) is 12.2 Å². The third-order valence-corrected chi connectivity index (χ3v) is 3.50. The molecule has 0 amide bonds. The third kappa shape index (κ3) is 3.11. The second-order valence-corrected chi connectivity index (χ2v) is 4.94. The number of furan rings is 1. The highest BCUT2D eigenvalue weighted by Crippen LogP contribution is 2.29. The molecule has 1 N–H and O–H groups in total. The molecule has 0 saturated heterocycles. The number of likely N-dealkylation sites (N-methyl/N-ethyl adjacent to an activating group) is 1. The molecule has 1 heterocycles. The number of nitrogens with one attached hydrogen (secondary N) is 1. The minimum Gasteiger partial charge on any atom is -0.459 e. The molecule has 1 aromatic carbocycles. The second-order valence-electron chi connectivity index (χ2n) is 4.50. The number of fused-ring (bicyclic) bond motifs is 1. The van der Waals surface area contributed by atoms with Crippen molar-refractivity contribution in [2.75, 3.05) is 13.7 Å². The van der Waals surface area contributed by atoms with Crippen molar-refractivity contribution >= 4 is 22.6 Å². The van der Waals surface area contributed by atoms with Crippen LogP contribution in [0.1, 0.15) is 32.1 Å². The van der Waals surface area contributed by atoms with Gasteiger partial charge in [0.05, 0.1) is 12.1 Å². The van der Waals surface area contributed by atoms with Crippen LogP contribution in [0.15, 0.2) is 28.7 Å². The molecule has 1 aromatic heterocycles. The summed E-state index contributed by atoms with van der Waals surface area (Å²) in [6.07, 6.45) is 1.03. The molecule has 0 aliphatic carbocycles. The molecule has 0 saturated carbocycles. The third-order valence-electron chi connectivity index (χ3n) is 3.27. The van der Waals surface area contributed by atoms with Crippen LogP contribution in [0.4, 0.5) is 0 Å². The maximum atomic E-state index is 6.00. The molecule has 2 rings (SSSR count). The lowest BCUT2D eigenvalue weighted by atomic mass is 10.1. The van der Waals surface area contributed by atoms with E-state index >= 15 is 0 Å². The van der Waals surface area contributed by atoms with Crippen molar-refractivity contribution < 1.29 is 9.15 Å². The summed E-state index contributed by atoms with van der Waals surface area (Å²) in [6.45, 7) is 4.82. The number of rotatable bonds is 6. The Labute approximate surface area is 118 Å². The minimum absolute atomic E-state index is 0.0520. The molecular weight excluding hydrogens is 262 g/mol. The smallest absolute Gasteiger partial charge is 0.134 e. The van der Waals surface area contributed by atoms with Crippen molar-refractivity contribution in [3.63, 3.8) is 0 Å². The van der Waals surface area contributed by atoms with Gasteiger partial charge in [0.15, 0.2) is 0 Å². The Bertz CT molecular complexity index is 538. The van der Waals surface area contributed by atoms with E-state index in [-0.39, 0.29) is 12.1 Å². The molecule has 0 bridgehead atoms. The van der Waals surface area contributed by atoms with E-state index in [0.29, 0.717) is 6.61 Å². The number of hydrogen-bond donors (Lipinski definition) is 1. The first-order chi connectivity index (χ1) is 9.19. The van der Waals surface area contributed by atoms with Crippen LogP contribution in [-0.4, -0.2) is 19.8 Å². The van der Waals surface area contributed by atoms with Gasteiger partial charge in [0.2, 0.25) is 0 Å². The summed E-state index contributed by atoms with van der Waals surface area (Å²) in [5.74, 6) is 0.889. The zero-order valence-corrected chi connectivity index (χ0v) is 12.3. The van der Waals surface area contributed by atoms with Crippen LogP contribution in [-0.2, 0) is 4.74 Å². The highest BCUT2D eigenvalue weighted by Gasteiger charge is 2.24. The minimum atomic E-state index is 0.0520. The summed E-state index contributed by atoms with van der Waals surface area (Å²) in [4.78, 5) is 0. The topological polar surface area (TPSA) is 34.4 Å². The van der Waals surface area contributed by atoms with Gasteiger partial charge in [-0.3, -0.25) is 0 Å². The van der Waals surface area contributed by atoms with Gasteiger partial charge in [-0.25, -0.2) is 0 Å². The number of benzene rings is 1. The largest absolute Gasteiger partial charge is 0.459 e. The summed E-state index contributed by atoms with van der Waals surface area (Å²) in [7, 11) is 1.92. The van der Waals surface area contributed by atoms with Gasteiger partial charge in [0.25, 0.3) is 0 Å². The van der Waals surface area contributed by atoms with Gasteiger partial charge in [-0.15, -0.1) is 0 Å². The first-order valence-corrected chi connectivity index (χ1v) is 7.05. The lowest BCUT2D eigenvalue weighted by Crippen LogP contribution is -2.31. The van der Waals surface area contributed by atoms with Gasteiger partial charge in [-0.2, -0.15) is 0 Å². The Balaban J connectivity index is 2.34. The molecule has 0 fully saturated rings. The average molecular weight is 282 g/mol. The van der Waals surface area contributed by atoms with Crippen molar-refractivity contribution in [3.05, 3.63) is 35.0 Å². The average Bonchev–Trinajstić information content (AvgIpc) is 2.81. The summed E-state index contributed by atoms with van der Waals surface area (Å²) in [6, 6.07) is 7.74. The van der Waals surface area contributed by atoms with Gasteiger partial charge in [0, 0.05) is 17.0 Å². The predicted molar refractivity (Wildman–Crippen MR) is 78.7 cm³/mol. The van der Waals surface area contributed by atoms with E-state index in [1.54, 1.807) is 0 Å². The zero-order chi connectivity index (χ0) is 13.8. The van der Waals surface area contributed by atoms with Gasteiger partial charge in [-0.1, -0.05) is 18.5 Å². The van der Waals surface area contributed by atoms with Crippen molar-refractivity contribution in [3.8, 4) is 0 Å². The number of halogens is 1. The first kappa shape index (κ1) is 14.4. The Kier molecular flexibility index (Phi) is 4.86. The quantitative estimate of drug-likeness (QED) is 0.863. The maximum absolute atomic E-state index is 6.00. The monoisotopic (exact) mass is 281 g/mol. The molecule has 0 radical (unpaired) electrons. The number of ether oxygens (including phenoxy) is 1. The molecule has 3 nitrogen and oxygen atoms in total. The fourth-order valence-electron chi connectivity index (χ4n) is 2.36. The molecule has 104 valence electrons. The van der Waals surface area contributed by atoms with E-state index in [9.17, 15) is 0 Å². The van der Waals surface area contributed by atoms with Crippen LogP contribution in [0.2, 0.25) is 5.02 Å². The standard InChI is InChI=1S/C15H20ClNO2/c1-4-12(18-5-2)15(17-3)14-9-10-8-11(16)6-7-13(10)19-14/h6-9,12,15,17H,4-5H2,1-3H3. The predicted octanol–water partition coefficient (Wildman–Crippen LogP) is 4.16. The van der Waals surface area contributed by atoms with E-state index in [4.69, 9.17) is 20.8 Å². The summed E-state index contributed by atoms with van der Waals surface area (Å²) < 4.78 is 11.7. The molecule has 0 spiro atoms. The first-order valence-electron chi connectivity index (χ1n) is 6.67. The Morgan fingerprint density at radius 3 is 2.74 bits per heavy atom. The van der Waals surface area contributed by atoms with Crippen LogP contribution in [0.3, 0.4) is 0 Å². The van der Waals surface area contributed by atoms with Crippen molar-refractivity contribution in [1.29, 1.82) is 0 Å². The molecule has 2 unspecified atom stereocenters. The Morgan fingerprint density at radius 2 is 2.11 bits per heavy atom. The molecular formula is C15H20ClNO2. The van der Waals surface area contributed by atoms with Gasteiger partial charge >= 0.3 is 0 Å². The molecule has 4 heteroatoms. The molecule has 2 atom stereocenters. The SMILES string of the molecule is CCOC(CC)C(NC)c1cc2cc(Cl)ccc2o1. The molecule has 2 aromatic rings. The molecule has 19 heavy (non-hydrogen) atoms. The zero-order valence-electron chi connectivity index (χ0n) is 11.6. The number of hydrogen-bond acceptors (Lipinski definition) is 3. The van der Waals surface area contributed by atoms with Crippen molar-refractivity contribution in [1.82, 2.24) is 5.32 Å². The fraction of sp³-hybridized carbons (Fsp3) is 0.467. The van der Waals surface area contributed by atoms with Crippen LogP contribution in [0, 0.1) is 0 Å². The van der Waals surface area contributed by atoms with E-state index < -0.39 is 0 Å². The van der Waals surface area contributed by atoms with Crippen molar-refractivity contribution in [2.24, 2.45) is 0 Å². The van der Waals surface area contributed by atoms with Gasteiger partial charge < -0.3 is 14.5 Å². The van der Waals surface area contributed by atoms with Crippen LogP contribution < -0.4 is 5.32 Å². The summed E-state index contributed by atoms with van der Waals surface area (Å²) in [5, 5.41) is 5.02. The normalized spacial score (nSPS) is 14.7. The van der Waals surface area contributed by atoms with Gasteiger partial charge in [-0.05, 0) is 44.7 Å². The molecule has 0 aliphatic heterocycles. The van der Waals surface area contributed by atoms with Crippen molar-refractivity contribution in [2.45, 2.75) is 32.4 Å². The fourth-order valence-corrected chi connectivity index (χ4v) is 2.54. The maximum Gasteiger partial charge on any atom is 0.134 e. The Hall–Kier alpha value is -1.03. The Morgan fingerprint density at radius 1 is 1.32 bits per heavy atom. The highest BCUT2D eigenvalue weighted by atomic mass is 35.5. The second kappa shape index (κ2) is 6.42.